The van der Waals surface area contributed by atoms with Gasteiger partial charge in [0, 0.05) is 0 Å². The van der Waals surface area contributed by atoms with Gasteiger partial charge < -0.3 is 4.74 Å². The number of carbonyl (C=O) groups excluding carboxylic acids is 2. The highest BCUT2D eigenvalue weighted by Crippen LogP contribution is 1.97. The van der Waals surface area contributed by atoms with Crippen molar-refractivity contribution in [2.24, 2.45) is 0 Å². The van der Waals surface area contributed by atoms with E-state index in [-0.39, 0.29) is 26.1 Å². The van der Waals surface area contributed by atoms with Crippen molar-refractivity contribution in [2.45, 2.75) is 26.7 Å². The van der Waals surface area contributed by atoms with Gasteiger partial charge in [-0.05, 0) is 18.9 Å². The molecule has 0 spiro atoms. The summed E-state index contributed by atoms with van der Waals surface area (Å²) in [6.07, 6.45) is -0.161. The Kier molecular flexibility index (Phi) is 8.10. The van der Waals surface area contributed by atoms with Gasteiger partial charge in [-0.25, -0.2) is 4.79 Å². The summed E-state index contributed by atoms with van der Waals surface area (Å²) in [6.45, 7) is 7.37. The highest BCUT2D eigenvalue weighted by Gasteiger charge is 2.09. The predicted molar refractivity (Wildman–Crippen MR) is 53.8 cm³/mol. The molecule has 0 heterocycles. The van der Waals surface area contributed by atoms with E-state index in [2.05, 4.69) is 26.1 Å². The normalized spacial score (nSPS) is 9.62. The molecule has 0 aliphatic heterocycles. The topological polar surface area (TPSA) is 71.1 Å². The fourth-order valence-corrected chi connectivity index (χ4v) is 0.666. The zero-order valence-corrected chi connectivity index (χ0v) is 9.49. The van der Waals surface area contributed by atoms with E-state index >= 15 is 0 Å². The molecule has 0 radical (unpaired) electrons. The average molecular weight is 232 g/mol. The Morgan fingerprint density at radius 3 is 2.38 bits per heavy atom. The molecule has 0 atom stereocenters. The smallest absolute Gasteiger partial charge is 0.346 e. The van der Waals surface area contributed by atoms with Crippen molar-refractivity contribution in [3.63, 3.8) is 0 Å². The van der Waals surface area contributed by atoms with Gasteiger partial charge >= 0.3 is 11.9 Å². The number of hydrogen-bond acceptors (Lipinski definition) is 6. The molecule has 0 aromatic carbocycles. The number of carbonyl (C=O) groups is 2. The van der Waals surface area contributed by atoms with Gasteiger partial charge in [0.05, 0.1) is 19.4 Å². The Morgan fingerprint density at radius 1 is 1.19 bits per heavy atom. The van der Waals surface area contributed by atoms with Crippen LogP contribution in [0.4, 0.5) is 0 Å². The van der Waals surface area contributed by atoms with Gasteiger partial charge in [0.15, 0.2) is 0 Å². The first kappa shape index (κ1) is 14.6. The molecular weight excluding hydrogens is 216 g/mol. The zero-order valence-electron chi connectivity index (χ0n) is 9.49. The lowest BCUT2D eigenvalue weighted by Gasteiger charge is -2.02. The van der Waals surface area contributed by atoms with Gasteiger partial charge in [-0.2, -0.15) is 4.89 Å². The van der Waals surface area contributed by atoms with Crippen LogP contribution < -0.4 is 0 Å². The summed E-state index contributed by atoms with van der Waals surface area (Å²) in [6, 6.07) is 0. The molecule has 0 saturated carbocycles. The predicted octanol–water partition coefficient (Wildman–Crippen LogP) is 1.31. The van der Waals surface area contributed by atoms with Crippen LogP contribution in [0, 0.1) is 0 Å². The molecule has 0 aliphatic rings. The lowest BCUT2D eigenvalue weighted by atomic mass is 10.3. The van der Waals surface area contributed by atoms with E-state index in [1.807, 2.05) is 0 Å². The molecule has 0 fully saturated rings. The molecule has 0 rings (SSSR count). The molecule has 0 bridgehead atoms. The molecule has 0 N–H and O–H groups in total. The van der Waals surface area contributed by atoms with Crippen molar-refractivity contribution in [1.29, 1.82) is 0 Å². The van der Waals surface area contributed by atoms with Crippen molar-refractivity contribution >= 4 is 11.9 Å². The van der Waals surface area contributed by atoms with Gasteiger partial charge in [-0.3, -0.25) is 9.68 Å². The monoisotopic (exact) mass is 232 g/mol. The van der Waals surface area contributed by atoms with Gasteiger partial charge in [0.1, 0.15) is 6.61 Å². The van der Waals surface area contributed by atoms with E-state index in [0.29, 0.717) is 0 Å². The van der Waals surface area contributed by atoms with Crippen molar-refractivity contribution in [2.75, 3.05) is 13.2 Å². The van der Waals surface area contributed by atoms with Crippen LogP contribution in [0.1, 0.15) is 26.7 Å². The Hall–Kier alpha value is -1.40. The van der Waals surface area contributed by atoms with Gasteiger partial charge in [-0.1, -0.05) is 12.2 Å². The summed E-state index contributed by atoms with van der Waals surface area (Å²) in [7, 11) is 0. The second-order valence-corrected chi connectivity index (χ2v) is 3.05. The minimum Gasteiger partial charge on any atom is -0.466 e. The highest BCUT2D eigenvalue weighted by atomic mass is 17.5. The van der Waals surface area contributed by atoms with Crippen molar-refractivity contribution in [3.05, 3.63) is 12.2 Å². The molecule has 6 nitrogen and oxygen atoms in total. The molecule has 0 saturated heterocycles. The van der Waals surface area contributed by atoms with Crippen molar-refractivity contribution in [1.82, 2.24) is 0 Å². The zero-order chi connectivity index (χ0) is 12.4. The van der Waals surface area contributed by atoms with Crippen LogP contribution in [0.25, 0.3) is 0 Å². The number of hydrogen-bond donors (Lipinski definition) is 0. The average Bonchev–Trinajstić information content (AvgIpc) is 2.22. The Labute approximate surface area is 94.0 Å². The van der Waals surface area contributed by atoms with Crippen LogP contribution >= 0.6 is 0 Å². The lowest BCUT2D eigenvalue weighted by Crippen LogP contribution is -2.11. The molecule has 92 valence electrons. The maximum absolute atomic E-state index is 10.9. The third-order valence-corrected chi connectivity index (χ3v) is 1.32. The number of rotatable bonds is 8. The Balaban J connectivity index is 3.44. The molecule has 0 aliphatic carbocycles. The fraction of sp³-hybridized carbons (Fsp3) is 0.600. The van der Waals surface area contributed by atoms with Crippen LogP contribution in [0.3, 0.4) is 0 Å². The molecule has 0 aromatic rings. The lowest BCUT2D eigenvalue weighted by molar-refractivity contribution is -0.483. The van der Waals surface area contributed by atoms with Gasteiger partial charge in [0.25, 0.3) is 0 Å². The summed E-state index contributed by atoms with van der Waals surface area (Å²) in [5.74, 6) is -1.16. The van der Waals surface area contributed by atoms with E-state index in [1.165, 1.54) is 0 Å². The summed E-state index contributed by atoms with van der Waals surface area (Å²) in [5.41, 5.74) is 0.725. The van der Waals surface area contributed by atoms with Crippen molar-refractivity contribution < 1.29 is 29.1 Å². The third kappa shape index (κ3) is 9.17. The first-order valence-corrected chi connectivity index (χ1v) is 4.85. The Morgan fingerprint density at radius 2 is 1.81 bits per heavy atom. The van der Waals surface area contributed by atoms with Crippen LogP contribution in [0.5, 0.6) is 0 Å². The molecule has 6 heteroatoms. The summed E-state index contributed by atoms with van der Waals surface area (Å²) in [4.78, 5) is 30.5. The highest BCUT2D eigenvalue weighted by molar-refractivity contribution is 5.77. The minimum atomic E-state index is -0.699. The first-order chi connectivity index (χ1) is 7.56. The molecule has 0 amide bonds. The molecular formula is C10H16O6. The van der Waals surface area contributed by atoms with Crippen LogP contribution in [0.15, 0.2) is 12.2 Å². The van der Waals surface area contributed by atoms with E-state index in [4.69, 9.17) is 0 Å². The standard InChI is InChI=1S/C10H16O6/c1-4-13-9(11)5-6-10(12)15-16-14-7-8(2)3/h2,4-7H2,1,3H3. The number of esters is 1. The van der Waals surface area contributed by atoms with Gasteiger partial charge in [0.2, 0.25) is 0 Å². The first-order valence-electron chi connectivity index (χ1n) is 4.85. The summed E-state index contributed by atoms with van der Waals surface area (Å²) in [5, 5.41) is 4.14. The van der Waals surface area contributed by atoms with Crippen molar-refractivity contribution in [3.8, 4) is 0 Å². The number of ether oxygens (including phenoxy) is 1. The van der Waals surface area contributed by atoms with E-state index in [9.17, 15) is 9.59 Å². The summed E-state index contributed by atoms with van der Waals surface area (Å²) >= 11 is 0. The minimum absolute atomic E-state index is 0.0451. The molecule has 0 aromatic heterocycles. The van der Waals surface area contributed by atoms with E-state index < -0.39 is 11.9 Å². The maximum atomic E-state index is 10.9. The second-order valence-electron chi connectivity index (χ2n) is 3.05. The maximum Gasteiger partial charge on any atom is 0.346 e. The second kappa shape index (κ2) is 8.87. The fourth-order valence-electron chi connectivity index (χ4n) is 0.666. The third-order valence-electron chi connectivity index (χ3n) is 1.32. The van der Waals surface area contributed by atoms with E-state index in [0.717, 1.165) is 5.57 Å². The SMILES string of the molecule is C=C(C)COOOC(=O)CCC(=O)OCC. The van der Waals surface area contributed by atoms with E-state index in [1.54, 1.807) is 13.8 Å². The van der Waals surface area contributed by atoms with Gasteiger partial charge in [-0.15, -0.1) is 0 Å². The largest absolute Gasteiger partial charge is 0.466 e. The van der Waals surface area contributed by atoms with Crippen LogP contribution in [-0.4, -0.2) is 25.2 Å². The van der Waals surface area contributed by atoms with Crippen LogP contribution in [-0.2, 0) is 29.1 Å². The summed E-state index contributed by atoms with van der Waals surface area (Å²) < 4.78 is 4.62. The quantitative estimate of drug-likeness (QED) is 0.206. The molecule has 16 heavy (non-hydrogen) atoms. The van der Waals surface area contributed by atoms with Crippen LogP contribution in [0.2, 0.25) is 0 Å². The Bertz CT molecular complexity index is 248. The molecule has 0 unspecified atom stereocenters.